The van der Waals surface area contributed by atoms with E-state index in [1.165, 1.54) is 22.5 Å². The third kappa shape index (κ3) is 6.75. The highest BCUT2D eigenvalue weighted by Gasteiger charge is 2.26. The molecule has 0 saturated carbocycles. The zero-order valence-electron chi connectivity index (χ0n) is 17.6. The number of ether oxygens (including phenoxy) is 1. The average Bonchev–Trinajstić information content (AvgIpc) is 2.76. The summed E-state index contributed by atoms with van der Waals surface area (Å²) in [5.74, 6) is -0.0169. The van der Waals surface area contributed by atoms with Gasteiger partial charge in [-0.1, -0.05) is 12.5 Å². The maximum atomic E-state index is 12.9. The van der Waals surface area contributed by atoms with Gasteiger partial charge in [0.15, 0.2) is 0 Å². The smallest absolute Gasteiger partial charge is 0.243 e. The van der Waals surface area contributed by atoms with Gasteiger partial charge in [-0.3, -0.25) is 9.69 Å². The van der Waals surface area contributed by atoms with Crippen molar-refractivity contribution in [3.8, 4) is 5.75 Å². The van der Waals surface area contributed by atoms with Crippen LogP contribution >= 0.6 is 0 Å². The molecule has 0 aromatic heterocycles. The van der Waals surface area contributed by atoms with E-state index in [1.807, 2.05) is 0 Å². The van der Waals surface area contributed by atoms with Crippen LogP contribution in [0.1, 0.15) is 19.3 Å². The number of carbonyl (C=O) groups excluding carboxylic acids is 1. The van der Waals surface area contributed by atoms with E-state index in [-0.39, 0.29) is 23.2 Å². The number of hydrogen-bond donors (Lipinski definition) is 1. The minimum absolute atomic E-state index is 0.121. The summed E-state index contributed by atoms with van der Waals surface area (Å²) in [7, 11) is -1.77. The quantitative estimate of drug-likeness (QED) is 0.637. The normalized spacial score (nSPS) is 15.1. The largest absolute Gasteiger partial charge is 0.492 e. The summed E-state index contributed by atoms with van der Waals surface area (Å²) < 4.78 is 45.6. The first-order chi connectivity index (χ1) is 14.8. The van der Waals surface area contributed by atoms with Gasteiger partial charge in [-0.2, -0.15) is 4.31 Å². The number of piperidine rings is 1. The SMILES string of the molecule is CN(CCOc1ccc(F)cc1)CC(=O)Nc1cccc(S(=O)(=O)N2CCCCC2)c1. The van der Waals surface area contributed by atoms with Crippen molar-refractivity contribution in [2.45, 2.75) is 24.2 Å². The molecule has 9 heteroatoms. The number of halogens is 1. The van der Waals surface area contributed by atoms with Crippen LogP contribution in [0, 0.1) is 5.82 Å². The van der Waals surface area contributed by atoms with Crippen molar-refractivity contribution in [2.75, 3.05) is 45.2 Å². The van der Waals surface area contributed by atoms with Gasteiger partial charge in [0.25, 0.3) is 0 Å². The Labute approximate surface area is 182 Å². The van der Waals surface area contributed by atoms with Crippen molar-refractivity contribution < 1.29 is 22.3 Å². The number of amides is 1. The molecule has 2 aromatic rings. The Morgan fingerprint density at radius 3 is 2.55 bits per heavy atom. The first-order valence-electron chi connectivity index (χ1n) is 10.3. The molecule has 168 valence electrons. The molecule has 1 amide bonds. The lowest BCUT2D eigenvalue weighted by Crippen LogP contribution is -2.35. The lowest BCUT2D eigenvalue weighted by Gasteiger charge is -2.26. The Hall–Kier alpha value is -2.49. The molecule has 31 heavy (non-hydrogen) atoms. The minimum atomic E-state index is -3.55. The Balaban J connectivity index is 1.49. The van der Waals surface area contributed by atoms with E-state index in [2.05, 4.69) is 5.32 Å². The van der Waals surface area contributed by atoms with E-state index < -0.39 is 10.0 Å². The Kier molecular flexibility index (Phi) is 8.00. The Morgan fingerprint density at radius 1 is 1.13 bits per heavy atom. The highest BCUT2D eigenvalue weighted by molar-refractivity contribution is 7.89. The molecule has 1 fully saturated rings. The lowest BCUT2D eigenvalue weighted by molar-refractivity contribution is -0.117. The highest BCUT2D eigenvalue weighted by atomic mass is 32.2. The van der Waals surface area contributed by atoms with E-state index in [9.17, 15) is 17.6 Å². The molecule has 0 aliphatic carbocycles. The number of likely N-dealkylation sites (N-methyl/N-ethyl adjacent to an activating group) is 1. The first-order valence-corrected chi connectivity index (χ1v) is 11.8. The van der Waals surface area contributed by atoms with Gasteiger partial charge in [-0.05, 0) is 62.4 Å². The molecule has 1 saturated heterocycles. The van der Waals surface area contributed by atoms with Crippen molar-refractivity contribution in [1.82, 2.24) is 9.21 Å². The molecule has 0 atom stereocenters. The van der Waals surface area contributed by atoms with Crippen LogP contribution in [0.4, 0.5) is 10.1 Å². The second-order valence-electron chi connectivity index (χ2n) is 7.58. The third-order valence-corrected chi connectivity index (χ3v) is 6.93. The molecule has 2 aromatic carbocycles. The number of rotatable bonds is 9. The number of nitrogens with zero attached hydrogens (tertiary/aromatic N) is 2. The molecular weight excluding hydrogens is 421 g/mol. The molecular formula is C22H28FN3O4S. The van der Waals surface area contributed by atoms with Crippen LogP contribution in [0.2, 0.25) is 0 Å². The van der Waals surface area contributed by atoms with Crippen molar-refractivity contribution in [1.29, 1.82) is 0 Å². The van der Waals surface area contributed by atoms with Crippen molar-refractivity contribution in [3.05, 3.63) is 54.3 Å². The number of sulfonamides is 1. The molecule has 0 unspecified atom stereocenters. The highest BCUT2D eigenvalue weighted by Crippen LogP contribution is 2.22. The van der Waals surface area contributed by atoms with Crippen LogP contribution in [0.5, 0.6) is 5.75 Å². The van der Waals surface area contributed by atoms with Crippen LogP contribution in [-0.2, 0) is 14.8 Å². The van der Waals surface area contributed by atoms with E-state index >= 15 is 0 Å². The standard InChI is InChI=1S/C22H28FN3O4S/c1-25(14-15-30-20-10-8-18(23)9-11-20)17-22(27)24-19-6-5-7-21(16-19)31(28,29)26-12-3-2-4-13-26/h5-11,16H,2-4,12-15,17H2,1H3,(H,24,27). The second-order valence-corrected chi connectivity index (χ2v) is 9.52. The fourth-order valence-electron chi connectivity index (χ4n) is 3.36. The van der Waals surface area contributed by atoms with E-state index in [4.69, 9.17) is 4.74 Å². The van der Waals surface area contributed by atoms with Crippen LogP contribution < -0.4 is 10.1 Å². The van der Waals surface area contributed by atoms with Crippen LogP contribution in [0.15, 0.2) is 53.4 Å². The first kappa shape index (κ1) is 23.2. The number of carbonyl (C=O) groups is 1. The fraction of sp³-hybridized carbons (Fsp3) is 0.409. The van der Waals surface area contributed by atoms with Crippen LogP contribution in [-0.4, -0.2) is 63.4 Å². The topological polar surface area (TPSA) is 79.0 Å². The number of hydrogen-bond acceptors (Lipinski definition) is 5. The predicted octanol–water partition coefficient (Wildman–Crippen LogP) is 2.95. The maximum Gasteiger partial charge on any atom is 0.243 e. The molecule has 7 nitrogen and oxygen atoms in total. The van der Waals surface area contributed by atoms with Gasteiger partial charge in [-0.15, -0.1) is 0 Å². The molecule has 1 aliphatic heterocycles. The molecule has 1 heterocycles. The molecule has 0 spiro atoms. The van der Waals surface area contributed by atoms with Gasteiger partial charge >= 0.3 is 0 Å². The lowest BCUT2D eigenvalue weighted by atomic mass is 10.2. The van der Waals surface area contributed by atoms with Crippen LogP contribution in [0.3, 0.4) is 0 Å². The third-order valence-electron chi connectivity index (χ3n) is 5.04. The number of anilines is 1. The van der Waals surface area contributed by atoms with Crippen LogP contribution in [0.25, 0.3) is 0 Å². The van der Waals surface area contributed by atoms with E-state index in [0.29, 0.717) is 37.7 Å². The number of nitrogens with one attached hydrogen (secondary N) is 1. The molecule has 3 rings (SSSR count). The molecule has 0 bridgehead atoms. The van der Waals surface area contributed by atoms with Crippen molar-refractivity contribution >= 4 is 21.6 Å². The average molecular weight is 450 g/mol. The predicted molar refractivity (Wildman–Crippen MR) is 117 cm³/mol. The maximum absolute atomic E-state index is 12.9. The molecule has 1 N–H and O–H groups in total. The summed E-state index contributed by atoms with van der Waals surface area (Å²) in [5, 5.41) is 2.76. The molecule has 1 aliphatic rings. The van der Waals surface area contributed by atoms with E-state index in [1.54, 1.807) is 42.3 Å². The fourth-order valence-corrected chi connectivity index (χ4v) is 4.93. The van der Waals surface area contributed by atoms with Gasteiger partial charge in [0.05, 0.1) is 11.4 Å². The zero-order chi connectivity index (χ0) is 22.3. The summed E-state index contributed by atoms with van der Waals surface area (Å²) in [6.45, 7) is 2.02. The summed E-state index contributed by atoms with van der Waals surface area (Å²) in [4.78, 5) is 14.3. The zero-order valence-corrected chi connectivity index (χ0v) is 18.4. The Bertz CT molecular complexity index is 977. The summed E-state index contributed by atoms with van der Waals surface area (Å²) in [6, 6.07) is 12.1. The summed E-state index contributed by atoms with van der Waals surface area (Å²) in [6.07, 6.45) is 2.78. The van der Waals surface area contributed by atoms with Gasteiger partial charge in [0.1, 0.15) is 18.2 Å². The monoisotopic (exact) mass is 449 g/mol. The Morgan fingerprint density at radius 2 is 1.84 bits per heavy atom. The minimum Gasteiger partial charge on any atom is -0.492 e. The second kappa shape index (κ2) is 10.7. The number of benzene rings is 2. The van der Waals surface area contributed by atoms with E-state index in [0.717, 1.165) is 19.3 Å². The van der Waals surface area contributed by atoms with Gasteiger partial charge in [-0.25, -0.2) is 12.8 Å². The summed E-state index contributed by atoms with van der Waals surface area (Å²) >= 11 is 0. The van der Waals surface area contributed by atoms with Crippen molar-refractivity contribution in [2.24, 2.45) is 0 Å². The van der Waals surface area contributed by atoms with Gasteiger partial charge in [0.2, 0.25) is 15.9 Å². The molecule has 0 radical (unpaired) electrons. The van der Waals surface area contributed by atoms with Gasteiger partial charge < -0.3 is 10.1 Å². The summed E-state index contributed by atoms with van der Waals surface area (Å²) in [5.41, 5.74) is 0.444. The van der Waals surface area contributed by atoms with Gasteiger partial charge in [0, 0.05) is 25.3 Å². The van der Waals surface area contributed by atoms with Crippen molar-refractivity contribution in [3.63, 3.8) is 0 Å².